The lowest BCUT2D eigenvalue weighted by Crippen LogP contribution is -2.03. The number of nitrogens with one attached hydrogen (secondary N) is 1. The van der Waals surface area contributed by atoms with Crippen molar-refractivity contribution < 1.29 is 4.39 Å². The van der Waals surface area contributed by atoms with Crippen LogP contribution in [-0.2, 0) is 0 Å². The monoisotopic (exact) mass is 224 g/mol. The molecule has 0 aliphatic rings. The maximum absolute atomic E-state index is 13.5. The average molecular weight is 224 g/mol. The van der Waals surface area contributed by atoms with E-state index in [1.54, 1.807) is 12.1 Å². The molecular formula is C9H9FN4S. The molecule has 0 saturated heterocycles. The minimum Gasteiger partial charge on any atom is -0.368 e. The third-order valence-electron chi connectivity index (χ3n) is 2.04. The van der Waals surface area contributed by atoms with Gasteiger partial charge in [0.05, 0.1) is 5.69 Å². The van der Waals surface area contributed by atoms with E-state index in [1.165, 1.54) is 10.6 Å². The van der Waals surface area contributed by atoms with Crippen molar-refractivity contribution in [3.8, 4) is 5.69 Å². The smallest absolute Gasteiger partial charge is 0.225 e. The second-order valence-electron chi connectivity index (χ2n) is 3.18. The predicted molar refractivity (Wildman–Crippen MR) is 57.9 cm³/mol. The van der Waals surface area contributed by atoms with Crippen LogP contribution in [0.4, 0.5) is 10.3 Å². The number of aryl methyl sites for hydroxylation is 1. The molecule has 1 aromatic heterocycles. The molecule has 15 heavy (non-hydrogen) atoms. The van der Waals surface area contributed by atoms with Gasteiger partial charge in [-0.05, 0) is 36.8 Å². The van der Waals surface area contributed by atoms with Crippen molar-refractivity contribution in [1.29, 1.82) is 0 Å². The van der Waals surface area contributed by atoms with E-state index in [9.17, 15) is 4.39 Å². The van der Waals surface area contributed by atoms with Crippen LogP contribution in [0.25, 0.3) is 5.69 Å². The zero-order valence-corrected chi connectivity index (χ0v) is 8.81. The number of anilines is 1. The summed E-state index contributed by atoms with van der Waals surface area (Å²) in [6.45, 7) is 1.86. The van der Waals surface area contributed by atoms with Crippen molar-refractivity contribution in [3.05, 3.63) is 34.4 Å². The SMILES string of the molecule is Cc1ccc(F)c(-n2c(N)n[nH]c2=S)c1. The number of nitrogens with two attached hydrogens (primary N) is 1. The summed E-state index contributed by atoms with van der Waals surface area (Å²) in [7, 11) is 0. The molecule has 0 aliphatic carbocycles. The zero-order chi connectivity index (χ0) is 11.0. The lowest BCUT2D eigenvalue weighted by atomic mass is 10.2. The highest BCUT2D eigenvalue weighted by atomic mass is 32.1. The molecule has 1 heterocycles. The molecule has 0 radical (unpaired) electrons. The highest BCUT2D eigenvalue weighted by Gasteiger charge is 2.09. The lowest BCUT2D eigenvalue weighted by Gasteiger charge is -2.05. The number of rotatable bonds is 1. The summed E-state index contributed by atoms with van der Waals surface area (Å²) in [5, 5.41) is 6.23. The summed E-state index contributed by atoms with van der Waals surface area (Å²) in [4.78, 5) is 0. The molecule has 0 amide bonds. The second kappa shape index (κ2) is 3.47. The van der Waals surface area contributed by atoms with Crippen LogP contribution >= 0.6 is 12.2 Å². The van der Waals surface area contributed by atoms with Crippen LogP contribution in [0.3, 0.4) is 0 Å². The summed E-state index contributed by atoms with van der Waals surface area (Å²) in [6, 6.07) is 4.72. The van der Waals surface area contributed by atoms with Crippen LogP contribution in [0, 0.1) is 17.5 Å². The number of aromatic nitrogens is 3. The van der Waals surface area contributed by atoms with Gasteiger partial charge in [0, 0.05) is 0 Å². The standard InChI is InChI=1S/C9H9FN4S/c1-5-2-3-6(10)7(4-5)14-8(11)12-13-9(14)15/h2-4H,1H3,(H2,11,12)(H,13,15). The van der Waals surface area contributed by atoms with Crippen LogP contribution in [0.2, 0.25) is 0 Å². The minimum atomic E-state index is -0.384. The third-order valence-corrected chi connectivity index (χ3v) is 2.31. The Morgan fingerprint density at radius 3 is 2.87 bits per heavy atom. The topological polar surface area (TPSA) is 59.6 Å². The van der Waals surface area contributed by atoms with Gasteiger partial charge in [-0.3, -0.25) is 4.57 Å². The van der Waals surface area contributed by atoms with Gasteiger partial charge in [-0.2, -0.15) is 0 Å². The maximum Gasteiger partial charge on any atom is 0.225 e. The molecule has 2 aromatic rings. The molecule has 0 fully saturated rings. The van der Waals surface area contributed by atoms with E-state index < -0.39 is 0 Å². The van der Waals surface area contributed by atoms with Crippen molar-refractivity contribution in [2.24, 2.45) is 0 Å². The van der Waals surface area contributed by atoms with Gasteiger partial charge in [-0.25, -0.2) is 9.49 Å². The van der Waals surface area contributed by atoms with Gasteiger partial charge in [0.15, 0.2) is 0 Å². The lowest BCUT2D eigenvalue weighted by molar-refractivity contribution is 0.617. The van der Waals surface area contributed by atoms with Crippen molar-refractivity contribution in [2.45, 2.75) is 6.92 Å². The first-order chi connectivity index (χ1) is 7.09. The van der Waals surface area contributed by atoms with Gasteiger partial charge in [-0.1, -0.05) is 6.07 Å². The summed E-state index contributed by atoms with van der Waals surface area (Å²) in [5.41, 5.74) is 6.82. The Labute approximate surface area is 90.5 Å². The minimum absolute atomic E-state index is 0.143. The summed E-state index contributed by atoms with van der Waals surface area (Å²) >= 11 is 4.96. The van der Waals surface area contributed by atoms with Crippen LogP contribution in [0.15, 0.2) is 18.2 Å². The molecule has 0 atom stereocenters. The first kappa shape index (κ1) is 9.85. The fourth-order valence-electron chi connectivity index (χ4n) is 1.34. The Balaban J connectivity index is 2.74. The number of benzene rings is 1. The first-order valence-corrected chi connectivity index (χ1v) is 4.70. The van der Waals surface area contributed by atoms with E-state index in [0.717, 1.165) is 5.56 Å². The predicted octanol–water partition coefficient (Wildman–Crippen LogP) is 1.96. The molecule has 0 spiro atoms. The third kappa shape index (κ3) is 1.63. The Hall–Kier alpha value is -1.69. The van der Waals surface area contributed by atoms with Crippen molar-refractivity contribution in [3.63, 3.8) is 0 Å². The number of hydrogen-bond donors (Lipinski definition) is 2. The van der Waals surface area contributed by atoms with Crippen molar-refractivity contribution in [1.82, 2.24) is 14.8 Å². The van der Waals surface area contributed by atoms with E-state index in [0.29, 0.717) is 5.69 Å². The van der Waals surface area contributed by atoms with Gasteiger partial charge in [-0.15, -0.1) is 5.10 Å². The fourth-order valence-corrected chi connectivity index (χ4v) is 1.57. The number of H-pyrrole nitrogens is 1. The summed E-state index contributed by atoms with van der Waals surface area (Å²) in [6.07, 6.45) is 0. The van der Waals surface area contributed by atoms with Gasteiger partial charge >= 0.3 is 0 Å². The van der Waals surface area contributed by atoms with Crippen LogP contribution < -0.4 is 5.73 Å². The molecule has 0 aliphatic heterocycles. The van der Waals surface area contributed by atoms with Gasteiger partial charge in [0.25, 0.3) is 0 Å². The molecule has 78 valence electrons. The van der Waals surface area contributed by atoms with Gasteiger partial charge in [0.1, 0.15) is 5.82 Å². The number of aromatic amines is 1. The maximum atomic E-state index is 13.5. The Morgan fingerprint density at radius 1 is 1.53 bits per heavy atom. The Bertz CT molecular complexity index is 557. The zero-order valence-electron chi connectivity index (χ0n) is 7.99. The Kier molecular flexibility index (Phi) is 2.28. The molecule has 2 rings (SSSR count). The first-order valence-electron chi connectivity index (χ1n) is 4.29. The fraction of sp³-hybridized carbons (Fsp3) is 0.111. The molecule has 0 unspecified atom stereocenters. The Morgan fingerprint density at radius 2 is 2.27 bits per heavy atom. The van der Waals surface area contributed by atoms with Crippen molar-refractivity contribution in [2.75, 3.05) is 5.73 Å². The highest BCUT2D eigenvalue weighted by Crippen LogP contribution is 2.17. The normalized spacial score (nSPS) is 10.5. The quantitative estimate of drug-likeness (QED) is 0.728. The van der Waals surface area contributed by atoms with E-state index in [-0.39, 0.29) is 16.5 Å². The van der Waals surface area contributed by atoms with E-state index in [4.69, 9.17) is 18.0 Å². The summed E-state index contributed by atoms with van der Waals surface area (Å²) < 4.78 is 15.2. The molecule has 3 N–H and O–H groups in total. The van der Waals surface area contributed by atoms with Crippen molar-refractivity contribution >= 4 is 18.2 Å². The van der Waals surface area contributed by atoms with Crippen LogP contribution in [0.5, 0.6) is 0 Å². The number of hydrogen-bond acceptors (Lipinski definition) is 3. The number of nitrogens with zero attached hydrogens (tertiary/aromatic N) is 2. The molecular weight excluding hydrogens is 215 g/mol. The number of nitrogen functional groups attached to an aromatic ring is 1. The average Bonchev–Trinajstić information content (AvgIpc) is 2.51. The van der Waals surface area contributed by atoms with E-state index >= 15 is 0 Å². The highest BCUT2D eigenvalue weighted by molar-refractivity contribution is 7.71. The molecule has 4 nitrogen and oxygen atoms in total. The molecule has 1 aromatic carbocycles. The molecule has 0 bridgehead atoms. The van der Waals surface area contributed by atoms with Crippen LogP contribution in [0.1, 0.15) is 5.56 Å². The van der Waals surface area contributed by atoms with Crippen LogP contribution in [-0.4, -0.2) is 14.8 Å². The second-order valence-corrected chi connectivity index (χ2v) is 3.56. The van der Waals surface area contributed by atoms with E-state index in [2.05, 4.69) is 10.2 Å². The molecule has 0 saturated carbocycles. The van der Waals surface area contributed by atoms with Gasteiger partial charge < -0.3 is 5.73 Å². The summed E-state index contributed by atoms with van der Waals surface area (Å²) in [5.74, 6) is -0.241. The largest absolute Gasteiger partial charge is 0.368 e. The van der Waals surface area contributed by atoms with E-state index in [1.807, 2.05) is 6.92 Å². The number of halogens is 1. The van der Waals surface area contributed by atoms with Gasteiger partial charge in [0.2, 0.25) is 10.7 Å². The molecule has 6 heteroatoms.